The van der Waals surface area contributed by atoms with Crippen LogP contribution in [0.5, 0.6) is 0 Å². The molecule has 38 heavy (non-hydrogen) atoms. The highest BCUT2D eigenvalue weighted by Gasteiger charge is 2.20. The number of fused-ring (bicyclic) bond motifs is 3. The van der Waals surface area contributed by atoms with Crippen LogP contribution in [-0.2, 0) is 6.42 Å². The molecule has 3 N–H and O–H groups in total. The van der Waals surface area contributed by atoms with Crippen molar-refractivity contribution in [3.05, 3.63) is 118 Å². The first-order valence-corrected chi connectivity index (χ1v) is 12.7. The lowest BCUT2D eigenvalue weighted by atomic mass is 10.0. The van der Waals surface area contributed by atoms with Crippen molar-refractivity contribution < 1.29 is 29.4 Å². The predicted octanol–water partition coefficient (Wildman–Crippen LogP) is 5.88. The van der Waals surface area contributed by atoms with Gasteiger partial charge in [0.2, 0.25) is 0 Å². The number of Topliss-reactive ketones (excluding diaryl/α,β-unsaturated/α-hetero) is 1. The summed E-state index contributed by atoms with van der Waals surface area (Å²) in [6.07, 6.45) is 0.824. The lowest BCUT2D eigenvalue weighted by Crippen LogP contribution is -2.17. The van der Waals surface area contributed by atoms with Gasteiger partial charge in [-0.25, -0.2) is 9.59 Å². The molecule has 0 unspecified atom stereocenters. The number of hydrogen-bond donors (Lipinski definition) is 3. The number of aromatic carboxylic acids is 2. The van der Waals surface area contributed by atoms with Gasteiger partial charge in [-0.2, -0.15) is 0 Å². The van der Waals surface area contributed by atoms with Crippen molar-refractivity contribution in [2.45, 2.75) is 11.3 Å². The second-order valence-electron chi connectivity index (χ2n) is 8.77. The molecule has 0 atom stereocenters. The zero-order chi connectivity index (χ0) is 26.8. The molecule has 8 heteroatoms. The summed E-state index contributed by atoms with van der Waals surface area (Å²) < 4.78 is 0. The van der Waals surface area contributed by atoms with Gasteiger partial charge in [0.25, 0.3) is 5.91 Å². The molecule has 0 saturated heterocycles. The van der Waals surface area contributed by atoms with Gasteiger partial charge in [-0.3, -0.25) is 9.59 Å². The second-order valence-corrected chi connectivity index (χ2v) is 9.82. The van der Waals surface area contributed by atoms with Gasteiger partial charge in [-0.1, -0.05) is 36.4 Å². The zero-order valence-corrected chi connectivity index (χ0v) is 20.7. The molecular formula is C30H21NO6S. The maximum atomic E-state index is 12.9. The van der Waals surface area contributed by atoms with Crippen molar-refractivity contribution >= 4 is 41.1 Å². The first kappa shape index (κ1) is 25.0. The highest BCUT2D eigenvalue weighted by molar-refractivity contribution is 8.00. The number of benzene rings is 4. The molecule has 4 aromatic rings. The fraction of sp³-hybridized carbons (Fsp3) is 0.0667. The minimum absolute atomic E-state index is 0.0251. The van der Waals surface area contributed by atoms with E-state index in [-0.39, 0.29) is 22.7 Å². The van der Waals surface area contributed by atoms with Gasteiger partial charge < -0.3 is 15.5 Å². The molecule has 0 fully saturated rings. The van der Waals surface area contributed by atoms with Crippen LogP contribution in [0.4, 0.5) is 5.69 Å². The minimum Gasteiger partial charge on any atom is -0.478 e. The third-order valence-electron chi connectivity index (χ3n) is 6.34. The van der Waals surface area contributed by atoms with Crippen molar-refractivity contribution in [1.29, 1.82) is 0 Å². The Morgan fingerprint density at radius 2 is 1.42 bits per heavy atom. The van der Waals surface area contributed by atoms with E-state index in [9.17, 15) is 24.3 Å². The summed E-state index contributed by atoms with van der Waals surface area (Å²) in [6, 6.07) is 24.3. The summed E-state index contributed by atoms with van der Waals surface area (Å²) in [5.41, 5.74) is 5.16. The Hall–Kier alpha value is -4.69. The number of anilines is 1. The number of carboxylic acid groups (broad SMARTS) is 2. The van der Waals surface area contributed by atoms with Gasteiger partial charge in [0, 0.05) is 16.1 Å². The molecule has 7 nitrogen and oxygen atoms in total. The van der Waals surface area contributed by atoms with Crippen LogP contribution in [0.15, 0.2) is 89.8 Å². The number of carbonyl (C=O) groups is 4. The number of carbonyl (C=O) groups excluding carboxylic acids is 2. The Kier molecular flexibility index (Phi) is 6.81. The molecule has 5 rings (SSSR count). The third kappa shape index (κ3) is 5.07. The molecule has 0 aromatic heterocycles. The predicted molar refractivity (Wildman–Crippen MR) is 144 cm³/mol. The summed E-state index contributed by atoms with van der Waals surface area (Å²) in [5.74, 6) is -3.07. The maximum Gasteiger partial charge on any atom is 0.336 e. The van der Waals surface area contributed by atoms with Gasteiger partial charge in [0.05, 0.1) is 22.4 Å². The quantitative estimate of drug-likeness (QED) is 0.171. The fourth-order valence-corrected chi connectivity index (χ4v) is 5.23. The largest absolute Gasteiger partial charge is 0.478 e. The second kappa shape index (κ2) is 10.4. The van der Waals surface area contributed by atoms with E-state index in [1.165, 1.54) is 40.6 Å². The Bertz CT molecular complexity index is 1610. The van der Waals surface area contributed by atoms with Crippen molar-refractivity contribution in [2.75, 3.05) is 11.1 Å². The number of ketones is 1. The van der Waals surface area contributed by atoms with E-state index < -0.39 is 23.4 Å². The third-order valence-corrected chi connectivity index (χ3v) is 7.35. The molecule has 1 aliphatic rings. The topological polar surface area (TPSA) is 121 Å². The SMILES string of the molecule is O=C(O)c1ccc(C(=O)Nc2ccc(SCC(=O)c3ccc4c(c3)Cc3ccccc3-4)cc2)c(C(=O)O)c1. The van der Waals surface area contributed by atoms with Crippen molar-refractivity contribution in [2.24, 2.45) is 0 Å². The summed E-state index contributed by atoms with van der Waals surface area (Å²) in [5, 5.41) is 21.1. The molecule has 0 spiro atoms. The first-order valence-electron chi connectivity index (χ1n) is 11.7. The Morgan fingerprint density at radius 1 is 0.711 bits per heavy atom. The molecule has 4 aromatic carbocycles. The summed E-state index contributed by atoms with van der Waals surface area (Å²) in [7, 11) is 0. The van der Waals surface area contributed by atoms with E-state index in [1.54, 1.807) is 24.3 Å². The van der Waals surface area contributed by atoms with Crippen molar-refractivity contribution in [1.82, 2.24) is 0 Å². The van der Waals surface area contributed by atoms with E-state index in [0.717, 1.165) is 22.9 Å². The number of rotatable bonds is 8. The van der Waals surface area contributed by atoms with Crippen LogP contribution in [0.25, 0.3) is 11.1 Å². The highest BCUT2D eigenvalue weighted by atomic mass is 32.2. The molecule has 0 heterocycles. The number of hydrogen-bond acceptors (Lipinski definition) is 5. The standard InChI is InChI=1S/C30H21NO6S/c32-27(18-5-11-24-20(14-18)13-17-3-1-2-4-23(17)24)16-38-22-9-7-21(8-10-22)31-28(33)25-12-6-19(29(34)35)15-26(25)30(36)37/h1-12,14-15H,13,16H2,(H,31,33)(H,34,35)(H,36,37). The van der Waals surface area contributed by atoms with Gasteiger partial charge >= 0.3 is 11.9 Å². The van der Waals surface area contributed by atoms with Crippen LogP contribution in [0.2, 0.25) is 0 Å². The number of carboxylic acids is 2. The minimum atomic E-state index is -1.40. The molecule has 0 radical (unpaired) electrons. The average Bonchev–Trinajstić information content (AvgIpc) is 3.30. The van der Waals surface area contributed by atoms with E-state index in [1.807, 2.05) is 30.3 Å². The maximum absolute atomic E-state index is 12.9. The van der Waals surface area contributed by atoms with Crippen LogP contribution in [0.3, 0.4) is 0 Å². The summed E-state index contributed by atoms with van der Waals surface area (Å²) in [6.45, 7) is 0. The number of thioether (sulfide) groups is 1. The summed E-state index contributed by atoms with van der Waals surface area (Å²) in [4.78, 5) is 49.0. The number of amides is 1. The smallest absolute Gasteiger partial charge is 0.336 e. The van der Waals surface area contributed by atoms with E-state index in [0.29, 0.717) is 11.3 Å². The highest BCUT2D eigenvalue weighted by Crippen LogP contribution is 2.37. The Labute approximate surface area is 222 Å². The van der Waals surface area contributed by atoms with Gasteiger partial charge in [0.15, 0.2) is 5.78 Å². The van der Waals surface area contributed by atoms with Crippen LogP contribution in [0.1, 0.15) is 52.6 Å². The normalized spacial score (nSPS) is 11.4. The van der Waals surface area contributed by atoms with Crippen LogP contribution < -0.4 is 5.32 Å². The average molecular weight is 524 g/mol. The van der Waals surface area contributed by atoms with E-state index in [2.05, 4.69) is 17.4 Å². The van der Waals surface area contributed by atoms with E-state index in [4.69, 9.17) is 5.11 Å². The molecule has 1 amide bonds. The van der Waals surface area contributed by atoms with Gasteiger partial charge in [-0.15, -0.1) is 11.8 Å². The summed E-state index contributed by atoms with van der Waals surface area (Å²) >= 11 is 1.38. The van der Waals surface area contributed by atoms with Crippen molar-refractivity contribution in [3.8, 4) is 11.1 Å². The Morgan fingerprint density at radius 3 is 2.16 bits per heavy atom. The van der Waals surface area contributed by atoms with Crippen molar-refractivity contribution in [3.63, 3.8) is 0 Å². The molecular weight excluding hydrogens is 502 g/mol. The molecule has 0 saturated carbocycles. The monoisotopic (exact) mass is 523 g/mol. The van der Waals surface area contributed by atoms with Crippen LogP contribution in [-0.4, -0.2) is 39.6 Å². The lowest BCUT2D eigenvalue weighted by Gasteiger charge is -2.09. The zero-order valence-electron chi connectivity index (χ0n) is 19.9. The fourth-order valence-electron chi connectivity index (χ4n) is 4.44. The number of nitrogens with one attached hydrogen (secondary N) is 1. The van der Waals surface area contributed by atoms with E-state index >= 15 is 0 Å². The molecule has 1 aliphatic carbocycles. The van der Waals surface area contributed by atoms with Gasteiger partial charge in [0.1, 0.15) is 0 Å². The van der Waals surface area contributed by atoms with Crippen LogP contribution >= 0.6 is 11.8 Å². The molecule has 188 valence electrons. The molecule has 0 aliphatic heterocycles. The first-order chi connectivity index (χ1) is 18.3. The lowest BCUT2D eigenvalue weighted by molar-refractivity contribution is 0.0692. The Balaban J connectivity index is 1.21. The van der Waals surface area contributed by atoms with Crippen LogP contribution in [0, 0.1) is 0 Å². The van der Waals surface area contributed by atoms with Gasteiger partial charge in [-0.05, 0) is 77.2 Å². The molecule has 0 bridgehead atoms.